The Morgan fingerprint density at radius 1 is 1.27 bits per heavy atom. The summed E-state index contributed by atoms with van der Waals surface area (Å²) < 4.78 is 5.19. The van der Waals surface area contributed by atoms with Crippen LogP contribution in [0.2, 0.25) is 0 Å². The highest BCUT2D eigenvalue weighted by molar-refractivity contribution is 7.99. The number of rotatable bonds is 2. The number of pyridine rings is 1. The number of nitrogens with zero attached hydrogens (tertiary/aromatic N) is 1. The molecule has 0 fully saturated rings. The number of hydrogen-bond acceptors (Lipinski definition) is 5. The molecule has 0 unspecified atom stereocenters. The van der Waals surface area contributed by atoms with Gasteiger partial charge in [-0.05, 0) is 25.1 Å². The van der Waals surface area contributed by atoms with Crippen LogP contribution >= 0.6 is 11.8 Å². The summed E-state index contributed by atoms with van der Waals surface area (Å²) in [5.74, 6) is 1.23. The Bertz CT molecular complexity index is 481. The van der Waals surface area contributed by atoms with Gasteiger partial charge in [0.2, 0.25) is 0 Å². The van der Waals surface area contributed by atoms with Crippen molar-refractivity contribution in [3.05, 3.63) is 30.2 Å². The predicted molar refractivity (Wildman–Crippen MR) is 60.6 cm³/mol. The van der Waals surface area contributed by atoms with E-state index in [2.05, 4.69) is 4.98 Å². The van der Waals surface area contributed by atoms with E-state index in [0.29, 0.717) is 11.5 Å². The Balaban J connectivity index is 2.25. The second-order valence-corrected chi connectivity index (χ2v) is 4.13. The van der Waals surface area contributed by atoms with Crippen LogP contribution in [0.25, 0.3) is 0 Å². The number of aromatic nitrogens is 1. The van der Waals surface area contributed by atoms with Gasteiger partial charge in [0.05, 0.1) is 16.8 Å². The second-order valence-electron chi connectivity index (χ2n) is 3.07. The van der Waals surface area contributed by atoms with E-state index in [1.165, 1.54) is 11.8 Å². The molecule has 0 saturated carbocycles. The van der Waals surface area contributed by atoms with Gasteiger partial charge in [-0.15, -0.1) is 0 Å². The van der Waals surface area contributed by atoms with Gasteiger partial charge in [0.25, 0.3) is 0 Å². The topological polar surface area (TPSA) is 78.1 Å². The fourth-order valence-electron chi connectivity index (χ4n) is 1.12. The summed E-state index contributed by atoms with van der Waals surface area (Å²) in [5.41, 5.74) is 11.7. The number of furan rings is 1. The molecule has 2 aromatic heterocycles. The van der Waals surface area contributed by atoms with E-state index >= 15 is 0 Å². The standard InChI is InChI=1S/C10H11N3OS/c1-6-8(4-5-14-6)15-9-3-2-7(11)10(12)13-9/h2-5H,11H2,1H3,(H2,12,13). The fraction of sp³-hybridized carbons (Fsp3) is 0.100. The number of nitrogen functional groups attached to an aromatic ring is 2. The molecule has 2 heterocycles. The van der Waals surface area contributed by atoms with Gasteiger partial charge in [-0.3, -0.25) is 0 Å². The first-order valence-electron chi connectivity index (χ1n) is 4.41. The lowest BCUT2D eigenvalue weighted by molar-refractivity contribution is 0.527. The molecule has 0 aliphatic carbocycles. The first-order chi connectivity index (χ1) is 7.16. The monoisotopic (exact) mass is 221 g/mol. The van der Waals surface area contributed by atoms with Crippen molar-refractivity contribution in [2.75, 3.05) is 11.5 Å². The largest absolute Gasteiger partial charge is 0.468 e. The van der Waals surface area contributed by atoms with Gasteiger partial charge < -0.3 is 15.9 Å². The van der Waals surface area contributed by atoms with E-state index in [9.17, 15) is 0 Å². The Kier molecular flexibility index (Phi) is 2.55. The van der Waals surface area contributed by atoms with E-state index in [4.69, 9.17) is 15.9 Å². The third-order valence-electron chi connectivity index (χ3n) is 1.96. The van der Waals surface area contributed by atoms with Gasteiger partial charge in [-0.1, -0.05) is 11.8 Å². The smallest absolute Gasteiger partial charge is 0.147 e. The molecular formula is C10H11N3OS. The van der Waals surface area contributed by atoms with Crippen molar-refractivity contribution < 1.29 is 4.42 Å². The Morgan fingerprint density at radius 2 is 2.07 bits per heavy atom. The first kappa shape index (κ1) is 9.92. The summed E-state index contributed by atoms with van der Waals surface area (Å²) >= 11 is 1.50. The van der Waals surface area contributed by atoms with Crippen LogP contribution in [-0.2, 0) is 0 Å². The minimum absolute atomic E-state index is 0.362. The predicted octanol–water partition coefficient (Wildman–Crippen LogP) is 2.30. The SMILES string of the molecule is Cc1occc1Sc1ccc(N)c(N)n1. The van der Waals surface area contributed by atoms with Crippen molar-refractivity contribution >= 4 is 23.3 Å². The molecule has 78 valence electrons. The first-order valence-corrected chi connectivity index (χ1v) is 5.22. The molecule has 5 heteroatoms. The van der Waals surface area contributed by atoms with Crippen LogP contribution in [0.15, 0.2) is 38.8 Å². The summed E-state index contributed by atoms with van der Waals surface area (Å²) in [6.07, 6.45) is 1.65. The molecule has 0 bridgehead atoms. The average Bonchev–Trinajstić information content (AvgIpc) is 2.59. The summed E-state index contributed by atoms with van der Waals surface area (Å²) in [7, 11) is 0. The maximum Gasteiger partial charge on any atom is 0.147 e. The van der Waals surface area contributed by atoms with Crippen molar-refractivity contribution in [1.29, 1.82) is 0 Å². The number of aryl methyl sites for hydroxylation is 1. The highest BCUT2D eigenvalue weighted by Crippen LogP contribution is 2.30. The van der Waals surface area contributed by atoms with E-state index in [1.54, 1.807) is 12.3 Å². The second kappa shape index (κ2) is 3.86. The highest BCUT2D eigenvalue weighted by Gasteiger charge is 2.05. The molecule has 0 atom stereocenters. The van der Waals surface area contributed by atoms with Gasteiger partial charge >= 0.3 is 0 Å². The lowest BCUT2D eigenvalue weighted by Crippen LogP contribution is -1.97. The zero-order valence-corrected chi connectivity index (χ0v) is 9.04. The van der Waals surface area contributed by atoms with E-state index in [1.807, 2.05) is 19.1 Å². The molecule has 0 aliphatic heterocycles. The van der Waals surface area contributed by atoms with Crippen molar-refractivity contribution in [3.63, 3.8) is 0 Å². The normalized spacial score (nSPS) is 10.5. The van der Waals surface area contributed by atoms with Crippen LogP contribution in [0.3, 0.4) is 0 Å². The Hall–Kier alpha value is -1.62. The molecule has 0 saturated heterocycles. The summed E-state index contributed by atoms with van der Waals surface area (Å²) in [6, 6.07) is 5.48. The summed E-state index contributed by atoms with van der Waals surface area (Å²) in [5, 5.41) is 0.811. The van der Waals surface area contributed by atoms with Crippen LogP contribution in [0.4, 0.5) is 11.5 Å². The number of hydrogen-bond donors (Lipinski definition) is 2. The lowest BCUT2D eigenvalue weighted by atomic mass is 10.4. The van der Waals surface area contributed by atoms with Crippen LogP contribution in [0.5, 0.6) is 0 Å². The number of anilines is 2. The molecule has 0 aliphatic rings. The van der Waals surface area contributed by atoms with E-state index in [-0.39, 0.29) is 0 Å². The molecule has 2 rings (SSSR count). The molecule has 0 spiro atoms. The van der Waals surface area contributed by atoms with E-state index in [0.717, 1.165) is 15.7 Å². The molecule has 2 aromatic rings. The minimum Gasteiger partial charge on any atom is -0.468 e. The van der Waals surface area contributed by atoms with Gasteiger partial charge in [0.15, 0.2) is 0 Å². The molecule has 15 heavy (non-hydrogen) atoms. The zero-order valence-electron chi connectivity index (χ0n) is 8.23. The Morgan fingerprint density at radius 3 is 2.67 bits per heavy atom. The molecule has 0 radical (unpaired) electrons. The van der Waals surface area contributed by atoms with Crippen LogP contribution in [0, 0.1) is 6.92 Å². The van der Waals surface area contributed by atoms with Crippen molar-refractivity contribution in [2.45, 2.75) is 16.8 Å². The van der Waals surface area contributed by atoms with Crippen molar-refractivity contribution in [1.82, 2.24) is 4.98 Å². The summed E-state index contributed by atoms with van der Waals surface area (Å²) in [6.45, 7) is 1.91. The van der Waals surface area contributed by atoms with Crippen LogP contribution in [0.1, 0.15) is 5.76 Å². The third-order valence-corrected chi connectivity index (χ3v) is 3.04. The Labute approximate surface area is 91.7 Å². The zero-order chi connectivity index (χ0) is 10.8. The fourth-order valence-corrected chi connectivity index (χ4v) is 1.94. The minimum atomic E-state index is 0.362. The molecule has 4 nitrogen and oxygen atoms in total. The maximum absolute atomic E-state index is 5.61. The van der Waals surface area contributed by atoms with Gasteiger partial charge in [-0.25, -0.2) is 4.98 Å². The maximum atomic E-state index is 5.61. The summed E-state index contributed by atoms with van der Waals surface area (Å²) in [4.78, 5) is 5.20. The van der Waals surface area contributed by atoms with Crippen LogP contribution in [-0.4, -0.2) is 4.98 Å². The molecule has 0 amide bonds. The van der Waals surface area contributed by atoms with Crippen LogP contribution < -0.4 is 11.5 Å². The lowest BCUT2D eigenvalue weighted by Gasteiger charge is -2.02. The highest BCUT2D eigenvalue weighted by atomic mass is 32.2. The quantitative estimate of drug-likeness (QED) is 0.813. The van der Waals surface area contributed by atoms with Gasteiger partial charge in [0.1, 0.15) is 16.6 Å². The number of nitrogens with two attached hydrogens (primary N) is 2. The van der Waals surface area contributed by atoms with Gasteiger partial charge in [-0.2, -0.15) is 0 Å². The van der Waals surface area contributed by atoms with Crippen molar-refractivity contribution in [3.8, 4) is 0 Å². The molecule has 0 aromatic carbocycles. The van der Waals surface area contributed by atoms with Gasteiger partial charge in [0, 0.05) is 0 Å². The average molecular weight is 221 g/mol. The molecule has 4 N–H and O–H groups in total. The third kappa shape index (κ3) is 2.07. The van der Waals surface area contributed by atoms with E-state index < -0.39 is 0 Å². The molecular weight excluding hydrogens is 210 g/mol. The van der Waals surface area contributed by atoms with Crippen molar-refractivity contribution in [2.24, 2.45) is 0 Å².